The molecule has 2 aliphatic carbocycles. The molecule has 0 aromatic heterocycles. The Morgan fingerprint density at radius 3 is 0.892 bits per heavy atom. The van der Waals surface area contributed by atoms with Crippen molar-refractivity contribution < 1.29 is 18.6 Å². The second kappa shape index (κ2) is 19.9. The normalized spacial score (nSPS) is 18.8. The molecule has 4 nitrogen and oxygen atoms in total. The highest BCUT2D eigenvalue weighted by Gasteiger charge is 2.55. The lowest BCUT2D eigenvalue weighted by Gasteiger charge is -2.33. The van der Waals surface area contributed by atoms with Crippen molar-refractivity contribution in [3.05, 3.63) is 214 Å². The predicted molar refractivity (Wildman–Crippen MR) is 308 cm³/mol. The SMILES string of the molecule is CC1(C)OB(c2cc(CCCCCCC3(c4ccccc4)c4ccccc4-c4ccccc43)c(B3OC(C)(C)C(C)(C)O3)cc2CCCCCCC2(c3ccccc3)c3ccccc3-c3ccccc32)OC1(C)C. The first-order chi connectivity index (χ1) is 35.7. The van der Waals surface area contributed by atoms with Crippen molar-refractivity contribution in [3.63, 3.8) is 0 Å². The Morgan fingerprint density at radius 1 is 0.311 bits per heavy atom. The van der Waals surface area contributed by atoms with Gasteiger partial charge in [0, 0.05) is 10.8 Å². The minimum Gasteiger partial charge on any atom is -0.399 e. The summed E-state index contributed by atoms with van der Waals surface area (Å²) < 4.78 is 27.6. The monoisotopic (exact) mass is 979 g/mol. The summed E-state index contributed by atoms with van der Waals surface area (Å²) in [6.07, 6.45) is 13.0. The summed E-state index contributed by atoms with van der Waals surface area (Å²) in [6, 6.07) is 63.7. The van der Waals surface area contributed by atoms with Crippen LogP contribution in [0.5, 0.6) is 0 Å². The second-order valence-corrected chi connectivity index (χ2v) is 24.0. The van der Waals surface area contributed by atoms with Crippen LogP contribution in [0.25, 0.3) is 22.3 Å². The standard InChI is InChI=1S/C68H76B2O4/c1-63(2)64(3,4)72-69(71-63)61-47-50(32-16-10-12-30-46-68(52-35-19-14-20-36-52)59-43-27-23-39-55(59)56-40-24-28-44-60(56)68)62(70-73-65(5,6)66(7,8)74-70)48-49(61)31-15-9-11-29-45-67(51-33-17-13-18-34-51)57-41-25-21-37-53(57)54-38-22-26-42-58(54)67/h13-14,17-28,33-44,47-48H,9-12,15-16,29-32,45-46H2,1-8H3. The van der Waals surface area contributed by atoms with Crippen LogP contribution in [0.1, 0.15) is 164 Å². The third-order valence-corrected chi connectivity index (χ3v) is 18.6. The zero-order valence-corrected chi connectivity index (χ0v) is 45.4. The predicted octanol–water partition coefficient (Wildman–Crippen LogP) is 15.3. The van der Waals surface area contributed by atoms with Crippen molar-refractivity contribution >= 4 is 25.2 Å². The molecule has 11 rings (SSSR count). The van der Waals surface area contributed by atoms with Gasteiger partial charge in [-0.25, -0.2) is 0 Å². The van der Waals surface area contributed by atoms with Crippen molar-refractivity contribution in [2.75, 3.05) is 0 Å². The average Bonchev–Trinajstić information content (AvgIpc) is 4.04. The summed E-state index contributed by atoms with van der Waals surface area (Å²) in [5.74, 6) is 0. The van der Waals surface area contributed by atoms with Gasteiger partial charge in [0.15, 0.2) is 0 Å². The van der Waals surface area contributed by atoms with Gasteiger partial charge in [0.05, 0.1) is 22.4 Å². The van der Waals surface area contributed by atoms with Gasteiger partial charge < -0.3 is 18.6 Å². The number of fused-ring (bicyclic) bond motifs is 6. The molecule has 7 aromatic carbocycles. The first kappa shape index (κ1) is 50.7. The van der Waals surface area contributed by atoms with E-state index >= 15 is 0 Å². The van der Waals surface area contributed by atoms with E-state index in [1.54, 1.807) is 0 Å². The fourth-order valence-corrected chi connectivity index (χ4v) is 13.2. The van der Waals surface area contributed by atoms with Gasteiger partial charge in [-0.3, -0.25) is 0 Å². The van der Waals surface area contributed by atoms with Crippen LogP contribution in [0.3, 0.4) is 0 Å². The van der Waals surface area contributed by atoms with Gasteiger partial charge in [0.25, 0.3) is 0 Å². The van der Waals surface area contributed by atoms with Crippen molar-refractivity contribution in [1.29, 1.82) is 0 Å². The van der Waals surface area contributed by atoms with Crippen molar-refractivity contribution in [1.82, 2.24) is 0 Å². The molecule has 0 spiro atoms. The molecule has 0 atom stereocenters. The van der Waals surface area contributed by atoms with Gasteiger partial charge in [0.1, 0.15) is 0 Å². The lowest BCUT2D eigenvalue weighted by molar-refractivity contribution is 0.00578. The fourth-order valence-electron chi connectivity index (χ4n) is 13.2. The topological polar surface area (TPSA) is 36.9 Å². The molecule has 378 valence electrons. The van der Waals surface area contributed by atoms with E-state index in [1.165, 1.54) is 66.8 Å². The van der Waals surface area contributed by atoms with Crippen LogP contribution in [-0.4, -0.2) is 36.6 Å². The van der Waals surface area contributed by atoms with E-state index in [9.17, 15) is 0 Å². The van der Waals surface area contributed by atoms with E-state index in [4.69, 9.17) is 18.6 Å². The summed E-state index contributed by atoms with van der Waals surface area (Å²) in [7, 11) is -0.915. The first-order valence-electron chi connectivity index (χ1n) is 28.0. The number of rotatable bonds is 18. The molecule has 2 fully saturated rings. The molecular formula is C68H76B2O4. The van der Waals surface area contributed by atoms with E-state index in [1.807, 2.05) is 0 Å². The molecule has 4 aliphatic rings. The van der Waals surface area contributed by atoms with E-state index in [0.29, 0.717) is 0 Å². The highest BCUT2D eigenvalue weighted by molar-refractivity contribution is 6.65. The second-order valence-electron chi connectivity index (χ2n) is 24.0. The Morgan fingerprint density at radius 2 is 0.581 bits per heavy atom. The van der Waals surface area contributed by atoms with E-state index < -0.39 is 36.6 Å². The summed E-state index contributed by atoms with van der Waals surface area (Å²) in [5, 5.41) is 0. The summed E-state index contributed by atoms with van der Waals surface area (Å²) in [6.45, 7) is 17.3. The van der Waals surface area contributed by atoms with Crippen molar-refractivity contribution in [3.8, 4) is 22.3 Å². The Bertz CT molecular complexity index is 2790. The average molecular weight is 979 g/mol. The van der Waals surface area contributed by atoms with Crippen LogP contribution in [-0.2, 0) is 42.3 Å². The molecule has 0 unspecified atom stereocenters. The van der Waals surface area contributed by atoms with E-state index in [-0.39, 0.29) is 10.8 Å². The molecule has 0 amide bonds. The van der Waals surface area contributed by atoms with Gasteiger partial charge in [-0.15, -0.1) is 0 Å². The Hall–Kier alpha value is -5.49. The Kier molecular flexibility index (Phi) is 13.6. The number of unbranched alkanes of at least 4 members (excludes halogenated alkanes) is 6. The molecule has 2 heterocycles. The van der Waals surface area contributed by atoms with Crippen LogP contribution < -0.4 is 10.9 Å². The number of benzene rings is 7. The molecule has 74 heavy (non-hydrogen) atoms. The Labute approximate surface area is 443 Å². The molecule has 2 saturated heterocycles. The quantitative estimate of drug-likeness (QED) is 0.0634. The minimum atomic E-state index is -0.458. The molecule has 0 radical (unpaired) electrons. The number of hydrogen-bond acceptors (Lipinski definition) is 4. The summed E-state index contributed by atoms with van der Waals surface area (Å²) in [5.41, 5.74) is 16.7. The van der Waals surface area contributed by atoms with Crippen LogP contribution in [0.2, 0.25) is 0 Å². The first-order valence-corrected chi connectivity index (χ1v) is 28.0. The third-order valence-electron chi connectivity index (χ3n) is 18.6. The maximum Gasteiger partial charge on any atom is 0.495 e. The summed E-state index contributed by atoms with van der Waals surface area (Å²) >= 11 is 0. The van der Waals surface area contributed by atoms with Crippen molar-refractivity contribution in [2.45, 2.75) is 166 Å². The molecule has 6 heteroatoms. The van der Waals surface area contributed by atoms with E-state index in [0.717, 1.165) is 88.0 Å². The van der Waals surface area contributed by atoms with Gasteiger partial charge >= 0.3 is 14.2 Å². The molecule has 2 aliphatic heterocycles. The zero-order chi connectivity index (χ0) is 51.4. The lowest BCUT2D eigenvalue weighted by atomic mass is 9.67. The van der Waals surface area contributed by atoms with Crippen LogP contribution in [0.15, 0.2) is 170 Å². The molecule has 0 bridgehead atoms. The molecule has 0 N–H and O–H groups in total. The molecule has 0 saturated carbocycles. The van der Waals surface area contributed by atoms with Crippen molar-refractivity contribution in [2.24, 2.45) is 0 Å². The zero-order valence-electron chi connectivity index (χ0n) is 45.4. The minimum absolute atomic E-state index is 0.162. The molecular weight excluding hydrogens is 902 g/mol. The van der Waals surface area contributed by atoms with Crippen LogP contribution in [0, 0.1) is 0 Å². The summed E-state index contributed by atoms with van der Waals surface area (Å²) in [4.78, 5) is 0. The molecule has 7 aromatic rings. The van der Waals surface area contributed by atoms with Crippen LogP contribution in [0.4, 0.5) is 0 Å². The van der Waals surface area contributed by atoms with Gasteiger partial charge in [-0.2, -0.15) is 0 Å². The maximum absolute atomic E-state index is 6.91. The highest BCUT2D eigenvalue weighted by Crippen LogP contribution is 2.56. The third kappa shape index (κ3) is 8.76. The maximum atomic E-state index is 6.91. The largest absolute Gasteiger partial charge is 0.495 e. The lowest BCUT2D eigenvalue weighted by Crippen LogP contribution is -2.43. The number of aryl methyl sites for hydroxylation is 2. The highest BCUT2D eigenvalue weighted by atomic mass is 16.7. The Balaban J connectivity index is 0.833. The number of hydrogen-bond donors (Lipinski definition) is 0. The van der Waals surface area contributed by atoms with Crippen LogP contribution >= 0.6 is 0 Å². The van der Waals surface area contributed by atoms with Gasteiger partial charge in [0.2, 0.25) is 0 Å². The fraction of sp³-hybridized carbons (Fsp3) is 0.382. The van der Waals surface area contributed by atoms with Gasteiger partial charge in [-0.1, -0.05) is 208 Å². The van der Waals surface area contributed by atoms with E-state index in [2.05, 4.69) is 225 Å². The van der Waals surface area contributed by atoms with Gasteiger partial charge in [-0.05, 0) is 172 Å². The smallest absolute Gasteiger partial charge is 0.399 e.